The van der Waals surface area contributed by atoms with E-state index in [1.807, 2.05) is 72.8 Å². The van der Waals surface area contributed by atoms with E-state index in [0.717, 1.165) is 43.8 Å². The molecule has 0 spiro atoms. The predicted molar refractivity (Wildman–Crippen MR) is 190 cm³/mol. The van der Waals surface area contributed by atoms with E-state index in [4.69, 9.17) is 15.4 Å². The molecule has 1 heterocycles. The van der Waals surface area contributed by atoms with E-state index in [2.05, 4.69) is 30.3 Å². The lowest BCUT2D eigenvalue weighted by atomic mass is 9.85. The summed E-state index contributed by atoms with van der Waals surface area (Å²) in [6, 6.07) is 27.9. The van der Waals surface area contributed by atoms with Crippen molar-refractivity contribution >= 4 is 43.5 Å². The molecule has 0 bridgehead atoms. The van der Waals surface area contributed by atoms with Gasteiger partial charge in [0.2, 0.25) is 0 Å². The third kappa shape index (κ3) is 4.17. The number of hydrogen-bond donors (Lipinski definition) is 0. The molecule has 0 atom stereocenters. The molecular formula is C44H28O. The lowest BCUT2D eigenvalue weighted by Crippen LogP contribution is -1.91. The van der Waals surface area contributed by atoms with Gasteiger partial charge >= 0.3 is 0 Å². The van der Waals surface area contributed by atoms with Crippen molar-refractivity contribution in [1.29, 1.82) is 0 Å². The summed E-state index contributed by atoms with van der Waals surface area (Å²) in [5, 5.41) is 2.92. The van der Waals surface area contributed by atoms with Gasteiger partial charge in [0.05, 0.1) is 15.1 Å². The average Bonchev–Trinajstić information content (AvgIpc) is 3.63. The summed E-state index contributed by atoms with van der Waals surface area (Å²) in [6.07, 6.45) is 0. The molecule has 0 saturated carbocycles. The maximum atomic E-state index is 9.66. The first-order chi connectivity index (χ1) is 26.9. The predicted octanol–water partition coefficient (Wildman–Crippen LogP) is 12.6. The third-order valence-corrected chi connectivity index (χ3v) is 8.25. The van der Waals surface area contributed by atoms with Gasteiger partial charge in [-0.3, -0.25) is 0 Å². The molecule has 1 nitrogen and oxygen atoms in total. The minimum absolute atomic E-state index is 0.103. The number of furan rings is 1. The Bertz CT molecular complexity index is 3070. The molecule has 0 saturated heterocycles. The van der Waals surface area contributed by atoms with Gasteiger partial charge in [-0.2, -0.15) is 0 Å². The topological polar surface area (TPSA) is 13.1 Å². The van der Waals surface area contributed by atoms with Crippen LogP contribution in [-0.4, -0.2) is 0 Å². The summed E-state index contributed by atoms with van der Waals surface area (Å²) in [4.78, 5) is 0. The van der Waals surface area contributed by atoms with Gasteiger partial charge in [-0.1, -0.05) is 151 Å². The van der Waals surface area contributed by atoms with Crippen LogP contribution >= 0.6 is 0 Å². The summed E-state index contributed by atoms with van der Waals surface area (Å²) in [6.45, 7) is 0. The van der Waals surface area contributed by atoms with Crippen LogP contribution in [0.3, 0.4) is 0 Å². The van der Waals surface area contributed by atoms with Crippen LogP contribution in [0, 0.1) is 0 Å². The number of fused-ring (bicyclic) bond motifs is 5. The van der Waals surface area contributed by atoms with Crippen molar-refractivity contribution in [2.45, 2.75) is 0 Å². The Morgan fingerprint density at radius 3 is 1.73 bits per heavy atom. The largest absolute Gasteiger partial charge is 0.455 e. The van der Waals surface area contributed by atoms with E-state index in [0.29, 0.717) is 5.56 Å². The van der Waals surface area contributed by atoms with E-state index in [1.165, 1.54) is 0 Å². The van der Waals surface area contributed by atoms with E-state index in [9.17, 15) is 4.11 Å². The van der Waals surface area contributed by atoms with Gasteiger partial charge in [-0.25, -0.2) is 0 Å². The summed E-state index contributed by atoms with van der Waals surface area (Å²) >= 11 is 0. The molecule has 1 heteroatoms. The molecule has 8 aromatic carbocycles. The molecular weight excluding hydrogens is 544 g/mol. The van der Waals surface area contributed by atoms with Crippen molar-refractivity contribution < 1.29 is 19.5 Å². The van der Waals surface area contributed by atoms with Gasteiger partial charge in [0.1, 0.15) is 11.2 Å². The smallest absolute Gasteiger partial charge is 0.143 e. The monoisotopic (exact) mass is 583 g/mol. The highest BCUT2D eigenvalue weighted by Gasteiger charge is 2.19. The first-order valence-corrected chi connectivity index (χ1v) is 14.5. The molecule has 0 aliphatic carbocycles. The van der Waals surface area contributed by atoms with Gasteiger partial charge in [0, 0.05) is 16.3 Å². The zero-order valence-electron chi connectivity index (χ0n) is 34.7. The molecule has 0 N–H and O–H groups in total. The van der Waals surface area contributed by atoms with E-state index in [1.54, 1.807) is 0 Å². The third-order valence-electron chi connectivity index (χ3n) is 8.25. The molecule has 9 rings (SSSR count). The lowest BCUT2D eigenvalue weighted by molar-refractivity contribution is 0.670. The van der Waals surface area contributed by atoms with Crippen LogP contribution in [0.15, 0.2) is 174 Å². The van der Waals surface area contributed by atoms with Crippen LogP contribution in [0.5, 0.6) is 0 Å². The number of hydrogen-bond acceptors (Lipinski definition) is 1. The molecule has 0 aliphatic rings. The summed E-state index contributed by atoms with van der Waals surface area (Å²) in [5.74, 6) is 0. The quantitative estimate of drug-likeness (QED) is 0.188. The van der Waals surface area contributed by atoms with Gasteiger partial charge in [-0.05, 0) is 78.6 Å². The number of benzene rings is 8. The van der Waals surface area contributed by atoms with Crippen LogP contribution < -0.4 is 0 Å². The second-order valence-corrected chi connectivity index (χ2v) is 10.8. The molecule has 0 amide bonds. The highest BCUT2D eigenvalue weighted by Crippen LogP contribution is 2.45. The van der Waals surface area contributed by atoms with Crippen LogP contribution in [0.4, 0.5) is 0 Å². The summed E-state index contributed by atoms with van der Waals surface area (Å²) in [7, 11) is 0. The summed E-state index contributed by atoms with van der Waals surface area (Å²) in [5.41, 5.74) is 3.50. The summed E-state index contributed by atoms with van der Waals surface area (Å²) < 4.78 is 103. The Morgan fingerprint density at radius 1 is 0.400 bits per heavy atom. The van der Waals surface area contributed by atoms with Crippen molar-refractivity contribution in [2.75, 3.05) is 0 Å². The second-order valence-electron chi connectivity index (χ2n) is 10.8. The maximum absolute atomic E-state index is 9.66. The molecule has 1 aromatic heterocycles. The highest BCUT2D eigenvalue weighted by atomic mass is 16.3. The number of para-hydroxylation sites is 1. The fourth-order valence-corrected chi connectivity index (χ4v) is 6.29. The maximum Gasteiger partial charge on any atom is 0.143 e. The molecule has 210 valence electrons. The minimum atomic E-state index is -0.654. The van der Waals surface area contributed by atoms with E-state index in [-0.39, 0.29) is 51.2 Å². The fraction of sp³-hybridized carbons (Fsp3) is 0. The van der Waals surface area contributed by atoms with Crippen molar-refractivity contribution in [3.8, 4) is 44.5 Å². The first kappa shape index (κ1) is 16.8. The Morgan fingerprint density at radius 2 is 1.02 bits per heavy atom. The van der Waals surface area contributed by atoms with Crippen LogP contribution in [-0.2, 0) is 0 Å². The highest BCUT2D eigenvalue weighted by molar-refractivity contribution is 6.22. The zero-order chi connectivity index (χ0) is 39.3. The molecule has 0 radical (unpaired) electrons. The standard InChI is InChI=1S/C44H28O/c1-3-13-29(14-4-1)31-17-11-18-32(27-31)42-36-19-7-9-21-38(36)43(39-22-10-8-20-37(39)42)33-25-26-35-40-24-12-23-34(30-15-5-2-6-16-30)44(40)45-41(35)28-33/h1-28H/i2D,5D,6D,12D,15D,16D,23D,24D,25D,26D,28D. The van der Waals surface area contributed by atoms with Crippen molar-refractivity contribution in [1.82, 2.24) is 0 Å². The SMILES string of the molecule is [2H]c1c([2H])c([2H])c(-c2c([2H])c([2H])c([2H])c3c2oc2c([2H])c(-c4c5ccccc5c(-c5cccc(-c6ccccc6)c5)c5ccccc45)c([2H])c([2H])c23)c([2H])c1[2H]. The van der Waals surface area contributed by atoms with Crippen LogP contribution in [0.25, 0.3) is 88.0 Å². The Balaban J connectivity index is 1.39. The molecule has 0 unspecified atom stereocenters. The van der Waals surface area contributed by atoms with Crippen LogP contribution in [0.2, 0.25) is 0 Å². The molecule has 0 fully saturated rings. The van der Waals surface area contributed by atoms with Gasteiger partial charge in [0.15, 0.2) is 0 Å². The second kappa shape index (κ2) is 10.4. The van der Waals surface area contributed by atoms with Gasteiger partial charge in [0.25, 0.3) is 0 Å². The van der Waals surface area contributed by atoms with E-state index < -0.39 is 53.9 Å². The molecule has 45 heavy (non-hydrogen) atoms. The van der Waals surface area contributed by atoms with E-state index >= 15 is 0 Å². The molecule has 0 aliphatic heterocycles. The normalized spacial score (nSPS) is 15.0. The molecule has 9 aromatic rings. The number of rotatable bonds is 4. The lowest BCUT2D eigenvalue weighted by Gasteiger charge is -2.18. The zero-order valence-corrected chi connectivity index (χ0v) is 23.7. The van der Waals surface area contributed by atoms with Crippen molar-refractivity contribution in [3.05, 3.63) is 170 Å². The minimum Gasteiger partial charge on any atom is -0.455 e. The Labute approximate surface area is 277 Å². The van der Waals surface area contributed by atoms with Crippen molar-refractivity contribution in [2.24, 2.45) is 0 Å². The fourth-order valence-electron chi connectivity index (χ4n) is 6.29. The first-order valence-electron chi connectivity index (χ1n) is 20.0. The average molecular weight is 584 g/mol. The van der Waals surface area contributed by atoms with Crippen molar-refractivity contribution in [3.63, 3.8) is 0 Å². The van der Waals surface area contributed by atoms with Gasteiger partial charge < -0.3 is 4.42 Å². The Kier molecular flexibility index (Phi) is 3.87. The van der Waals surface area contributed by atoms with Crippen LogP contribution in [0.1, 0.15) is 15.1 Å². The Hall–Kier alpha value is -5.92. The van der Waals surface area contributed by atoms with Gasteiger partial charge in [-0.15, -0.1) is 0 Å².